The summed E-state index contributed by atoms with van der Waals surface area (Å²) in [7, 11) is 7.76. The molecule has 2 N–H and O–H groups in total. The maximum absolute atomic E-state index is 12.6. The molecule has 4 rings (SSSR count). The highest BCUT2D eigenvalue weighted by molar-refractivity contribution is 5.90. The summed E-state index contributed by atoms with van der Waals surface area (Å²) >= 11 is 0. The molecular weight excluding hydrogens is 552 g/mol. The van der Waals surface area contributed by atoms with Gasteiger partial charge in [0.1, 0.15) is 0 Å². The Morgan fingerprint density at radius 3 is 1.32 bits per heavy atom. The number of nitrogens with zero attached hydrogens (tertiary/aromatic N) is 8. The monoisotopic (exact) mass is 576 g/mol. The summed E-state index contributed by atoms with van der Waals surface area (Å²) in [6.07, 6.45) is -2.51. The summed E-state index contributed by atoms with van der Waals surface area (Å²) in [5, 5.41) is 20.3. The zero-order chi connectivity index (χ0) is 30.7. The number of aliphatic hydroxyl groups is 1. The number of fused-ring (bicyclic) bond motifs is 2. The average Bonchev–Trinajstić information content (AvgIpc) is 3.39. The van der Waals surface area contributed by atoms with Gasteiger partial charge in [0, 0.05) is 42.3 Å². The normalized spacial score (nSPS) is 11.8. The fourth-order valence-electron chi connectivity index (χ4n) is 4.15. The van der Waals surface area contributed by atoms with Gasteiger partial charge in [-0.2, -0.15) is 9.97 Å². The molecule has 4 heterocycles. The number of aryl methyl sites for hydroxylation is 4. The van der Waals surface area contributed by atoms with Crippen LogP contribution in [-0.2, 0) is 56.7 Å². The van der Waals surface area contributed by atoms with Gasteiger partial charge in [-0.3, -0.25) is 46.6 Å². The minimum Gasteiger partial charge on any atom is -0.479 e. The maximum Gasteiger partial charge on any atom is 0.336 e. The molecule has 0 aromatic carbocycles. The van der Waals surface area contributed by atoms with E-state index in [0.717, 1.165) is 27.4 Å². The van der Waals surface area contributed by atoms with E-state index in [4.69, 9.17) is 9.47 Å². The van der Waals surface area contributed by atoms with Gasteiger partial charge in [-0.25, -0.2) is 14.4 Å². The maximum atomic E-state index is 12.6. The fraction of sp³-hybridized carbons (Fsp3) is 0.409. The summed E-state index contributed by atoms with van der Waals surface area (Å²) in [6.45, 7) is 0. The summed E-state index contributed by atoms with van der Waals surface area (Å²) in [5.41, 5.74) is -6.29. The van der Waals surface area contributed by atoms with E-state index in [1.54, 1.807) is 0 Å². The number of carbonyl (C=O) groups is 3. The van der Waals surface area contributed by atoms with Crippen LogP contribution in [0, 0.1) is 0 Å². The number of carboxylic acids is 1. The lowest BCUT2D eigenvalue weighted by Crippen LogP contribution is -2.44. The molecule has 0 spiro atoms. The molecule has 0 radical (unpaired) electrons. The van der Waals surface area contributed by atoms with E-state index in [1.165, 1.54) is 42.3 Å². The van der Waals surface area contributed by atoms with Gasteiger partial charge < -0.3 is 19.7 Å². The predicted octanol–water partition coefficient (Wildman–Crippen LogP) is -3.64. The van der Waals surface area contributed by atoms with Gasteiger partial charge >= 0.3 is 41.3 Å². The van der Waals surface area contributed by atoms with E-state index >= 15 is 0 Å². The first-order valence-electron chi connectivity index (χ1n) is 11.6. The van der Waals surface area contributed by atoms with Crippen molar-refractivity contribution in [2.24, 2.45) is 42.3 Å². The SMILES string of the molecule is Cn1c(=O)c2c(nc(OC(=O)CC(O)(CC(=O)Oc3nc4c(c(=O)n(C)c(=O)n4C)n3C)C(=O)O)n2C)n(C)c1=O. The number of rotatable bonds is 7. The lowest BCUT2D eigenvalue weighted by atomic mass is 9.96. The van der Waals surface area contributed by atoms with Crippen molar-refractivity contribution in [2.45, 2.75) is 18.4 Å². The van der Waals surface area contributed by atoms with Crippen LogP contribution in [0.5, 0.6) is 12.0 Å². The number of imidazole rings is 2. The Balaban J connectivity index is 1.58. The Morgan fingerprint density at radius 1 is 0.659 bits per heavy atom. The number of carbonyl (C=O) groups excluding carboxylic acids is 2. The summed E-state index contributed by atoms with van der Waals surface area (Å²) in [5.74, 6) is -4.65. The second-order valence-electron chi connectivity index (χ2n) is 9.30. The van der Waals surface area contributed by atoms with Gasteiger partial charge in [-0.15, -0.1) is 0 Å². The van der Waals surface area contributed by atoms with Gasteiger partial charge in [0.2, 0.25) is 0 Å². The molecule has 0 bridgehead atoms. The molecule has 4 aromatic heterocycles. The van der Waals surface area contributed by atoms with Gasteiger partial charge in [-0.05, 0) is 0 Å². The second kappa shape index (κ2) is 9.70. The van der Waals surface area contributed by atoms with Crippen molar-refractivity contribution in [3.8, 4) is 12.0 Å². The topological polar surface area (TPSA) is 234 Å². The smallest absolute Gasteiger partial charge is 0.336 e. The Bertz CT molecular complexity index is 1900. The van der Waals surface area contributed by atoms with Gasteiger partial charge in [-0.1, -0.05) is 0 Å². The highest BCUT2D eigenvalue weighted by atomic mass is 16.6. The minimum absolute atomic E-state index is 0.0933. The van der Waals surface area contributed by atoms with E-state index < -0.39 is 70.9 Å². The number of aliphatic carboxylic acids is 1. The number of hydrogen-bond donors (Lipinski definition) is 2. The van der Waals surface area contributed by atoms with Gasteiger partial charge in [0.15, 0.2) is 27.9 Å². The minimum atomic E-state index is -3.02. The van der Waals surface area contributed by atoms with Crippen molar-refractivity contribution < 1.29 is 34.1 Å². The van der Waals surface area contributed by atoms with Crippen LogP contribution in [0.1, 0.15) is 12.8 Å². The molecule has 0 atom stereocenters. The Hall–Kier alpha value is -5.33. The molecule has 218 valence electrons. The largest absolute Gasteiger partial charge is 0.479 e. The zero-order valence-electron chi connectivity index (χ0n) is 22.6. The molecule has 0 fully saturated rings. The van der Waals surface area contributed by atoms with Crippen LogP contribution in [0.4, 0.5) is 0 Å². The Kier molecular flexibility index (Phi) is 6.78. The van der Waals surface area contributed by atoms with Crippen LogP contribution in [-0.4, -0.2) is 71.1 Å². The second-order valence-corrected chi connectivity index (χ2v) is 9.30. The third kappa shape index (κ3) is 4.50. The van der Waals surface area contributed by atoms with Crippen LogP contribution in [0.3, 0.4) is 0 Å². The molecule has 41 heavy (non-hydrogen) atoms. The van der Waals surface area contributed by atoms with Crippen LogP contribution >= 0.6 is 0 Å². The Labute approximate surface area is 226 Å². The van der Waals surface area contributed by atoms with Crippen molar-refractivity contribution in [2.75, 3.05) is 0 Å². The summed E-state index contributed by atoms with van der Waals surface area (Å²) in [4.78, 5) is 94.4. The number of aromatic nitrogens is 8. The van der Waals surface area contributed by atoms with E-state index in [0.29, 0.717) is 0 Å². The van der Waals surface area contributed by atoms with Crippen LogP contribution in [0.15, 0.2) is 19.2 Å². The van der Waals surface area contributed by atoms with Crippen molar-refractivity contribution in [3.05, 3.63) is 41.7 Å². The number of carboxylic acid groups (broad SMARTS) is 1. The Morgan fingerprint density at radius 2 is 1.00 bits per heavy atom. The van der Waals surface area contributed by atoms with E-state index in [9.17, 15) is 43.8 Å². The van der Waals surface area contributed by atoms with Gasteiger partial charge in [0.25, 0.3) is 11.1 Å². The van der Waals surface area contributed by atoms with E-state index in [-0.39, 0.29) is 22.3 Å². The number of ether oxygens (including phenoxy) is 2. The fourth-order valence-corrected chi connectivity index (χ4v) is 4.15. The molecule has 0 saturated carbocycles. The molecular formula is C22H24N8O11. The summed E-state index contributed by atoms with van der Waals surface area (Å²) < 4.78 is 15.9. The molecule has 0 unspecified atom stereocenters. The quantitative estimate of drug-likeness (QED) is 0.202. The van der Waals surface area contributed by atoms with Crippen molar-refractivity contribution in [3.63, 3.8) is 0 Å². The summed E-state index contributed by atoms with van der Waals surface area (Å²) in [6, 6.07) is -0.962. The van der Waals surface area contributed by atoms with Crippen LogP contribution < -0.4 is 32.0 Å². The first kappa shape index (κ1) is 28.7. The molecule has 0 amide bonds. The van der Waals surface area contributed by atoms with Crippen molar-refractivity contribution in [1.82, 2.24) is 37.4 Å². The van der Waals surface area contributed by atoms with Crippen molar-refractivity contribution >= 4 is 40.2 Å². The molecule has 0 aliphatic heterocycles. The third-order valence-electron chi connectivity index (χ3n) is 6.55. The molecule has 4 aromatic rings. The molecule has 0 aliphatic carbocycles. The molecule has 19 nitrogen and oxygen atoms in total. The molecule has 0 saturated heterocycles. The van der Waals surface area contributed by atoms with Crippen molar-refractivity contribution in [1.29, 1.82) is 0 Å². The molecule has 0 aliphatic rings. The highest BCUT2D eigenvalue weighted by Crippen LogP contribution is 2.22. The lowest BCUT2D eigenvalue weighted by Gasteiger charge is -2.21. The zero-order valence-corrected chi connectivity index (χ0v) is 22.6. The van der Waals surface area contributed by atoms with E-state index in [1.807, 2.05) is 0 Å². The van der Waals surface area contributed by atoms with E-state index in [2.05, 4.69) is 9.97 Å². The number of esters is 2. The first-order chi connectivity index (χ1) is 19.0. The number of hydrogen-bond acceptors (Lipinski definition) is 12. The van der Waals surface area contributed by atoms with Crippen LogP contribution in [0.25, 0.3) is 22.3 Å². The van der Waals surface area contributed by atoms with Crippen LogP contribution in [0.2, 0.25) is 0 Å². The van der Waals surface area contributed by atoms with Gasteiger partial charge in [0.05, 0.1) is 12.8 Å². The first-order valence-corrected chi connectivity index (χ1v) is 11.6. The molecule has 19 heteroatoms. The third-order valence-corrected chi connectivity index (χ3v) is 6.55. The highest BCUT2D eigenvalue weighted by Gasteiger charge is 2.43. The average molecular weight is 576 g/mol. The standard InChI is InChI=1S/C22H24N8O11/c1-25-11-13(27(3)20(37)29(5)15(11)33)23-18(25)40-9(31)7-22(39,17(35)36)8-10(32)41-19-24-14-12(26(19)2)16(34)30(6)21(38)28(14)4/h39H,7-8H2,1-6H3,(H,35,36). The predicted molar refractivity (Wildman–Crippen MR) is 135 cm³/mol. The lowest BCUT2D eigenvalue weighted by molar-refractivity contribution is -0.169.